The van der Waals surface area contributed by atoms with Gasteiger partial charge >= 0.3 is 0 Å². The lowest BCUT2D eigenvalue weighted by molar-refractivity contribution is -0.933. The maximum atomic E-state index is 2.50. The third-order valence-corrected chi connectivity index (χ3v) is 6.73. The average Bonchev–Trinajstić information content (AvgIpc) is 2.56. The van der Waals surface area contributed by atoms with Crippen molar-refractivity contribution in [1.29, 1.82) is 0 Å². The minimum atomic E-state index is 1.37. The lowest BCUT2D eigenvalue weighted by atomic mass is 10.0. The molecule has 0 saturated carbocycles. The average molecular weight is 325 g/mol. The zero-order chi connectivity index (χ0) is 16.4. The van der Waals surface area contributed by atoms with Gasteiger partial charge in [-0.15, -0.1) is 0 Å². The summed E-state index contributed by atoms with van der Waals surface area (Å²) < 4.78 is 2.85. The van der Waals surface area contributed by atoms with Gasteiger partial charge in [0, 0.05) is 0 Å². The highest BCUT2D eigenvalue weighted by Crippen LogP contribution is 2.22. The Bertz CT molecular complexity index is 301. The van der Waals surface area contributed by atoms with Crippen LogP contribution >= 0.6 is 0 Å². The van der Waals surface area contributed by atoms with Crippen LogP contribution in [0.1, 0.15) is 84.0 Å². The lowest BCUT2D eigenvalue weighted by Gasteiger charge is -2.42. The van der Waals surface area contributed by atoms with Crippen molar-refractivity contribution in [2.24, 2.45) is 0 Å². The SMILES string of the molecule is CCCCC[N+]1(CCCCC[N+]2(C)CCCCC2)CCCCC1. The van der Waals surface area contributed by atoms with E-state index in [0.29, 0.717) is 0 Å². The summed E-state index contributed by atoms with van der Waals surface area (Å²) in [7, 11) is 2.50. The molecule has 2 heterocycles. The second kappa shape index (κ2) is 10.0. The van der Waals surface area contributed by atoms with Gasteiger partial charge in [-0.05, 0) is 70.6 Å². The molecule has 2 saturated heterocycles. The van der Waals surface area contributed by atoms with Crippen molar-refractivity contribution in [3.63, 3.8) is 0 Å². The van der Waals surface area contributed by atoms with Crippen LogP contribution in [-0.4, -0.2) is 61.8 Å². The molecule has 0 aromatic heterocycles. The topological polar surface area (TPSA) is 0 Å². The summed E-state index contributed by atoms with van der Waals surface area (Å²) in [4.78, 5) is 0. The number of nitrogens with zero attached hydrogens (tertiary/aromatic N) is 2. The van der Waals surface area contributed by atoms with Crippen LogP contribution in [-0.2, 0) is 0 Å². The minimum Gasteiger partial charge on any atom is -0.326 e. The molecule has 0 unspecified atom stereocenters. The van der Waals surface area contributed by atoms with Gasteiger partial charge in [-0.25, -0.2) is 0 Å². The molecule has 0 radical (unpaired) electrons. The van der Waals surface area contributed by atoms with Gasteiger partial charge in [0.15, 0.2) is 0 Å². The highest BCUT2D eigenvalue weighted by molar-refractivity contribution is 4.57. The van der Waals surface area contributed by atoms with E-state index < -0.39 is 0 Å². The zero-order valence-electron chi connectivity index (χ0n) is 16.3. The van der Waals surface area contributed by atoms with Crippen molar-refractivity contribution in [3.8, 4) is 0 Å². The quantitative estimate of drug-likeness (QED) is 0.393. The molecule has 0 N–H and O–H groups in total. The molecule has 0 amide bonds. The molecule has 0 spiro atoms. The third kappa shape index (κ3) is 6.74. The van der Waals surface area contributed by atoms with Gasteiger partial charge < -0.3 is 8.97 Å². The standard InChI is InChI=1S/C21H44N2/c1-3-4-8-18-23(20-13-7-14-21-23)19-12-6-11-17-22(2)15-9-5-10-16-22/h3-21H2,1-2H3/q+2. The molecule has 2 fully saturated rings. The number of piperidine rings is 2. The van der Waals surface area contributed by atoms with Crippen molar-refractivity contribution in [2.45, 2.75) is 84.0 Å². The number of rotatable bonds is 10. The Morgan fingerprint density at radius 1 is 0.565 bits per heavy atom. The summed E-state index contributed by atoms with van der Waals surface area (Å²) in [6, 6.07) is 0. The van der Waals surface area contributed by atoms with Crippen molar-refractivity contribution in [1.82, 2.24) is 0 Å². The molecule has 2 aliphatic rings. The Hall–Kier alpha value is -0.0800. The van der Waals surface area contributed by atoms with Crippen LogP contribution in [0.2, 0.25) is 0 Å². The maximum absolute atomic E-state index is 2.50. The zero-order valence-corrected chi connectivity index (χ0v) is 16.3. The molecule has 0 aliphatic carbocycles. The summed E-state index contributed by atoms with van der Waals surface area (Å²) in [5.41, 5.74) is 0. The summed E-state index contributed by atoms with van der Waals surface area (Å²) in [5.74, 6) is 0. The van der Waals surface area contributed by atoms with Gasteiger partial charge in [0.25, 0.3) is 0 Å². The number of likely N-dealkylation sites (tertiary alicyclic amines) is 2. The predicted molar refractivity (Wildman–Crippen MR) is 102 cm³/mol. The molecule has 0 bridgehead atoms. The lowest BCUT2D eigenvalue weighted by Crippen LogP contribution is -2.52. The number of hydrogen-bond donors (Lipinski definition) is 0. The fourth-order valence-electron chi connectivity index (χ4n) is 5.06. The van der Waals surface area contributed by atoms with Crippen LogP contribution in [0, 0.1) is 0 Å². The summed E-state index contributed by atoms with van der Waals surface area (Å²) in [6.07, 6.45) is 17.6. The number of unbranched alkanes of at least 4 members (excludes halogenated alkanes) is 4. The normalized spacial score (nSPS) is 23.7. The van der Waals surface area contributed by atoms with Crippen LogP contribution in [0.5, 0.6) is 0 Å². The van der Waals surface area contributed by atoms with E-state index in [1.165, 1.54) is 132 Å². The van der Waals surface area contributed by atoms with Gasteiger partial charge in [-0.2, -0.15) is 0 Å². The number of quaternary nitrogens is 2. The molecule has 0 aromatic rings. The van der Waals surface area contributed by atoms with Crippen LogP contribution in [0.3, 0.4) is 0 Å². The molecular formula is C21H44N2+2. The molecule has 2 heteroatoms. The van der Waals surface area contributed by atoms with Crippen LogP contribution in [0.15, 0.2) is 0 Å². The van der Waals surface area contributed by atoms with Crippen molar-refractivity contribution >= 4 is 0 Å². The summed E-state index contributed by atoms with van der Waals surface area (Å²) >= 11 is 0. The van der Waals surface area contributed by atoms with E-state index >= 15 is 0 Å². The Kier molecular flexibility index (Phi) is 8.40. The summed E-state index contributed by atoms with van der Waals surface area (Å²) in [5, 5.41) is 0. The van der Waals surface area contributed by atoms with Crippen molar-refractivity contribution in [2.75, 3.05) is 52.9 Å². The second-order valence-electron chi connectivity index (χ2n) is 8.92. The highest BCUT2D eigenvalue weighted by atomic mass is 15.4. The van der Waals surface area contributed by atoms with Gasteiger partial charge in [-0.1, -0.05) is 13.3 Å². The van der Waals surface area contributed by atoms with Crippen molar-refractivity contribution in [3.05, 3.63) is 0 Å². The predicted octanol–water partition coefficient (Wildman–Crippen LogP) is 4.98. The Balaban J connectivity index is 1.65. The smallest absolute Gasteiger partial charge is 0.0786 e. The minimum absolute atomic E-state index is 1.37. The van der Waals surface area contributed by atoms with E-state index in [1.54, 1.807) is 0 Å². The third-order valence-electron chi connectivity index (χ3n) is 6.73. The molecule has 0 atom stereocenters. The first-order valence-corrected chi connectivity index (χ1v) is 10.9. The fourth-order valence-corrected chi connectivity index (χ4v) is 5.06. The van der Waals surface area contributed by atoms with Gasteiger partial charge in [-0.3, -0.25) is 0 Å². The van der Waals surface area contributed by atoms with E-state index in [9.17, 15) is 0 Å². The fraction of sp³-hybridized carbons (Fsp3) is 1.00. The first-order chi connectivity index (χ1) is 11.2. The molecule has 23 heavy (non-hydrogen) atoms. The summed E-state index contributed by atoms with van der Waals surface area (Å²) in [6.45, 7) is 12.6. The number of hydrogen-bond acceptors (Lipinski definition) is 0. The van der Waals surface area contributed by atoms with E-state index in [1.807, 2.05) is 0 Å². The van der Waals surface area contributed by atoms with Crippen LogP contribution in [0.25, 0.3) is 0 Å². The Labute approximate surface area is 146 Å². The largest absolute Gasteiger partial charge is 0.326 e. The molecular weight excluding hydrogens is 280 g/mol. The molecule has 0 aromatic carbocycles. The Morgan fingerprint density at radius 2 is 1.09 bits per heavy atom. The van der Waals surface area contributed by atoms with Crippen LogP contribution < -0.4 is 0 Å². The molecule has 2 nitrogen and oxygen atoms in total. The highest BCUT2D eigenvalue weighted by Gasteiger charge is 2.29. The Morgan fingerprint density at radius 3 is 1.70 bits per heavy atom. The molecule has 136 valence electrons. The monoisotopic (exact) mass is 324 g/mol. The maximum Gasteiger partial charge on any atom is 0.0786 e. The van der Waals surface area contributed by atoms with E-state index in [-0.39, 0.29) is 0 Å². The van der Waals surface area contributed by atoms with Crippen LogP contribution in [0.4, 0.5) is 0 Å². The first kappa shape index (κ1) is 19.2. The van der Waals surface area contributed by atoms with E-state index in [2.05, 4.69) is 14.0 Å². The molecule has 2 rings (SSSR count). The van der Waals surface area contributed by atoms with E-state index in [0.717, 1.165) is 0 Å². The van der Waals surface area contributed by atoms with Gasteiger partial charge in [0.2, 0.25) is 0 Å². The second-order valence-corrected chi connectivity index (χ2v) is 8.92. The molecule has 2 aliphatic heterocycles. The van der Waals surface area contributed by atoms with Crippen molar-refractivity contribution < 1.29 is 8.97 Å². The van der Waals surface area contributed by atoms with E-state index in [4.69, 9.17) is 0 Å². The van der Waals surface area contributed by atoms with Gasteiger partial charge in [0.05, 0.1) is 52.9 Å². The van der Waals surface area contributed by atoms with Gasteiger partial charge in [0.1, 0.15) is 0 Å². The first-order valence-electron chi connectivity index (χ1n) is 10.9.